The van der Waals surface area contributed by atoms with Crippen LogP contribution in [0.1, 0.15) is 64.1 Å². The largest absolute Gasteiger partial charge is 0.444 e. The average molecular weight is 870 g/mol. The van der Waals surface area contributed by atoms with Gasteiger partial charge in [0.2, 0.25) is 11.9 Å². The minimum absolute atomic E-state index is 0.00553. The molecule has 2 atom stereocenters. The third-order valence-electron chi connectivity index (χ3n) is 8.42. The molecule has 15 nitrogen and oxygen atoms in total. The highest BCUT2D eigenvalue weighted by atomic mass is 32.1. The monoisotopic (exact) mass is 869 g/mol. The Kier molecular flexibility index (Phi) is 15.9. The predicted molar refractivity (Wildman–Crippen MR) is 230 cm³/mol. The molecule has 6 aromatic rings. The van der Waals surface area contributed by atoms with Crippen LogP contribution in [0.3, 0.4) is 0 Å². The fourth-order valence-electron chi connectivity index (χ4n) is 5.71. The molecule has 0 aliphatic carbocycles. The van der Waals surface area contributed by atoms with E-state index in [0.29, 0.717) is 17.2 Å². The zero-order chi connectivity index (χ0) is 44.0. The number of anilines is 1. The van der Waals surface area contributed by atoms with Crippen molar-refractivity contribution < 1.29 is 33.0 Å². The number of benzene rings is 2. The Morgan fingerprint density at radius 2 is 1.20 bits per heavy atom. The molecule has 0 spiro atoms. The maximum atomic E-state index is 13.8. The van der Waals surface area contributed by atoms with Crippen molar-refractivity contribution in [2.24, 2.45) is 0 Å². The second-order valence-electron chi connectivity index (χ2n) is 15.6. The molecule has 0 radical (unpaired) electrons. The number of aromatic nitrogens is 6. The van der Waals surface area contributed by atoms with Gasteiger partial charge in [-0.15, -0.1) is 27.8 Å². The maximum absolute atomic E-state index is 13.8. The lowest BCUT2D eigenvalue weighted by molar-refractivity contribution is -0.135. The van der Waals surface area contributed by atoms with Crippen LogP contribution in [0.5, 0.6) is 0 Å². The van der Waals surface area contributed by atoms with Gasteiger partial charge in [0.25, 0.3) is 0 Å². The number of amides is 3. The summed E-state index contributed by atoms with van der Waals surface area (Å²) in [5.74, 6) is 0.140. The lowest BCUT2D eigenvalue weighted by Gasteiger charge is -2.32. The molecule has 0 unspecified atom stereocenters. The van der Waals surface area contributed by atoms with Gasteiger partial charge in [-0.05, 0) is 64.8 Å². The second kappa shape index (κ2) is 21.2. The van der Waals surface area contributed by atoms with Crippen LogP contribution in [0.4, 0.5) is 19.9 Å². The van der Waals surface area contributed by atoms with Crippen molar-refractivity contribution >= 4 is 52.8 Å². The maximum Gasteiger partial charge on any atom is 0.411 e. The summed E-state index contributed by atoms with van der Waals surface area (Å²) in [6.07, 6.45) is 2.26. The van der Waals surface area contributed by atoms with Crippen LogP contribution in [0.15, 0.2) is 107 Å². The molecule has 0 aliphatic rings. The Morgan fingerprint density at radius 3 is 1.64 bits per heavy atom. The topological polar surface area (TPSA) is 185 Å². The van der Waals surface area contributed by atoms with Crippen molar-refractivity contribution in [1.82, 2.24) is 39.9 Å². The fraction of sp³-hybridized carbons (Fsp3) is 0.326. The highest BCUT2D eigenvalue weighted by Crippen LogP contribution is 2.22. The number of H-pyrrole nitrogens is 1. The molecule has 320 valence electrons. The smallest absolute Gasteiger partial charge is 0.411 e. The number of aromatic amines is 1. The minimum atomic E-state index is -1.58. The summed E-state index contributed by atoms with van der Waals surface area (Å²) in [6.45, 7) is 10.6. The fourth-order valence-corrected chi connectivity index (χ4v) is 6.81. The number of rotatable bonds is 14. The third kappa shape index (κ3) is 14.7. The zero-order valence-corrected chi connectivity index (χ0v) is 36.3. The molecule has 18 heteroatoms. The van der Waals surface area contributed by atoms with E-state index in [0.717, 1.165) is 21.6 Å². The molecule has 0 saturated heterocycles. The van der Waals surface area contributed by atoms with Gasteiger partial charge in [-0.1, -0.05) is 60.7 Å². The van der Waals surface area contributed by atoms with E-state index in [1.807, 2.05) is 41.8 Å². The number of nitrogens with zero attached hydrogens (tertiary/aromatic N) is 7. The van der Waals surface area contributed by atoms with Gasteiger partial charge >= 0.3 is 18.2 Å². The molecule has 0 fully saturated rings. The number of ether oxygens (including phenoxy) is 2. The van der Waals surface area contributed by atoms with E-state index >= 15 is 0 Å². The molecule has 61 heavy (non-hydrogen) atoms. The highest BCUT2D eigenvalue weighted by molar-refractivity contribution is 7.07. The van der Waals surface area contributed by atoms with E-state index in [4.69, 9.17) is 9.47 Å². The van der Waals surface area contributed by atoms with Gasteiger partial charge in [-0.2, -0.15) is 9.37 Å². The standard InChI is InChI=1S/C25H27N7O3S.C18H21FN2O3S/c1-25(2,3)35-24(34)32(14-19-15-36-16-27-19)20(13-17-7-5-4-6-8-17)22(33)29-23-28-21(30-31-23)18-9-11-26-12-10-18;1-18(2,3)24-17(23)21(10-14-11-25-12-20-14)15(16(19)22)9-13-7-5-4-6-8-13/h4-12,15-16,20H,13-14H2,1-3H3,(H2,28,29,30,31,33);4-8,11-12,15H,9-10H2,1-3H3/t20-;15-/m00/s1. The highest BCUT2D eigenvalue weighted by Gasteiger charge is 2.36. The molecule has 6 rings (SSSR count). The molecule has 3 amide bonds. The first-order chi connectivity index (χ1) is 29.0. The van der Waals surface area contributed by atoms with E-state index in [-0.39, 0.29) is 31.9 Å². The number of hydrogen-bond acceptors (Lipinski definition) is 13. The van der Waals surface area contributed by atoms with Crippen LogP contribution in [0.25, 0.3) is 11.4 Å². The van der Waals surface area contributed by atoms with E-state index in [1.54, 1.807) is 107 Å². The van der Waals surface area contributed by atoms with Gasteiger partial charge in [-0.25, -0.2) is 19.6 Å². The first-order valence-corrected chi connectivity index (χ1v) is 21.1. The summed E-state index contributed by atoms with van der Waals surface area (Å²) < 4.78 is 24.8. The predicted octanol–water partition coefficient (Wildman–Crippen LogP) is 8.30. The van der Waals surface area contributed by atoms with Gasteiger partial charge in [0.1, 0.15) is 23.3 Å². The van der Waals surface area contributed by atoms with E-state index < -0.39 is 47.4 Å². The van der Waals surface area contributed by atoms with Crippen molar-refractivity contribution in [3.63, 3.8) is 0 Å². The lowest BCUT2D eigenvalue weighted by atomic mass is 10.0. The summed E-state index contributed by atoms with van der Waals surface area (Å²) in [5, 5.41) is 13.3. The number of carbonyl (C=O) groups is 4. The quantitative estimate of drug-likeness (QED) is 0.100. The van der Waals surface area contributed by atoms with Gasteiger partial charge < -0.3 is 9.47 Å². The van der Waals surface area contributed by atoms with Crippen LogP contribution >= 0.6 is 22.7 Å². The van der Waals surface area contributed by atoms with Crippen LogP contribution in [-0.4, -0.2) is 87.3 Å². The van der Waals surface area contributed by atoms with Crippen molar-refractivity contribution in [3.8, 4) is 11.4 Å². The average Bonchev–Trinajstić information content (AvgIpc) is 4.02. The SMILES string of the molecule is CC(C)(C)OC(=O)N(Cc1cscn1)[C@@H](Cc1ccccc1)C(=O)F.CC(C)(C)OC(=O)N(Cc1cscn1)[C@@H](Cc1ccccc1)C(=O)Nc1n[nH]c(-c2ccncc2)n1. The van der Waals surface area contributed by atoms with Crippen LogP contribution < -0.4 is 5.32 Å². The van der Waals surface area contributed by atoms with E-state index in [9.17, 15) is 23.6 Å². The first-order valence-electron chi connectivity index (χ1n) is 19.2. The third-order valence-corrected chi connectivity index (χ3v) is 9.69. The first kappa shape index (κ1) is 45.7. The zero-order valence-electron chi connectivity index (χ0n) is 34.6. The number of hydrogen-bond donors (Lipinski definition) is 2. The van der Waals surface area contributed by atoms with Crippen molar-refractivity contribution in [1.29, 1.82) is 0 Å². The Hall–Kier alpha value is -6.40. The Labute approximate surface area is 361 Å². The summed E-state index contributed by atoms with van der Waals surface area (Å²) >= 11 is 2.78. The molecule has 0 aliphatic heterocycles. The molecular formula is C43H48FN9O6S2. The van der Waals surface area contributed by atoms with E-state index in [2.05, 4.69) is 35.5 Å². The van der Waals surface area contributed by atoms with Crippen LogP contribution in [0, 0.1) is 0 Å². The lowest BCUT2D eigenvalue weighted by Crippen LogP contribution is -2.50. The Balaban J connectivity index is 0.000000247. The second-order valence-corrected chi connectivity index (χ2v) is 17.1. The summed E-state index contributed by atoms with van der Waals surface area (Å²) in [5.41, 5.74) is 5.46. The summed E-state index contributed by atoms with van der Waals surface area (Å²) in [4.78, 5) is 70.5. The molecule has 0 bridgehead atoms. The summed E-state index contributed by atoms with van der Waals surface area (Å²) in [6, 6.07) is 18.3. The molecular weight excluding hydrogens is 822 g/mol. The Morgan fingerprint density at radius 1 is 0.721 bits per heavy atom. The van der Waals surface area contributed by atoms with Gasteiger partial charge in [0.05, 0.1) is 35.5 Å². The normalized spacial score (nSPS) is 12.2. The van der Waals surface area contributed by atoms with Crippen LogP contribution in [-0.2, 0) is 45.0 Å². The molecule has 4 aromatic heterocycles. The van der Waals surface area contributed by atoms with Gasteiger partial charge in [0.15, 0.2) is 5.82 Å². The van der Waals surface area contributed by atoms with E-state index in [1.165, 1.54) is 27.6 Å². The van der Waals surface area contributed by atoms with Crippen LogP contribution in [0.2, 0.25) is 0 Å². The number of pyridine rings is 1. The molecule has 0 saturated carbocycles. The molecule has 2 aromatic carbocycles. The van der Waals surface area contributed by atoms with Crippen molar-refractivity contribution in [2.45, 2.75) is 90.8 Å². The number of halogens is 1. The Bertz CT molecular complexity index is 2290. The number of nitrogens with one attached hydrogen (secondary N) is 2. The number of carbonyl (C=O) groups excluding carboxylic acids is 4. The van der Waals surface area contributed by atoms with Gasteiger partial charge in [-0.3, -0.25) is 34.8 Å². The molecule has 4 heterocycles. The minimum Gasteiger partial charge on any atom is -0.444 e. The van der Waals surface area contributed by atoms with Gasteiger partial charge in [0, 0.05) is 41.6 Å². The number of thiazole rings is 2. The molecule has 2 N–H and O–H groups in total. The summed E-state index contributed by atoms with van der Waals surface area (Å²) in [7, 11) is 0. The van der Waals surface area contributed by atoms with Crippen molar-refractivity contribution in [2.75, 3.05) is 5.32 Å². The van der Waals surface area contributed by atoms with Crippen molar-refractivity contribution in [3.05, 3.63) is 129 Å².